The van der Waals surface area contributed by atoms with Crippen molar-refractivity contribution in [3.63, 3.8) is 0 Å². The van der Waals surface area contributed by atoms with E-state index in [4.69, 9.17) is 32.7 Å². The zero-order chi connectivity index (χ0) is 26.9. The molecule has 3 heterocycles. The van der Waals surface area contributed by atoms with Gasteiger partial charge in [0.25, 0.3) is 0 Å². The van der Waals surface area contributed by atoms with E-state index in [-0.39, 0.29) is 12.1 Å². The Morgan fingerprint density at radius 1 is 0.897 bits per heavy atom. The average molecular weight is 564 g/mol. The number of nitrogens with one attached hydrogen (secondary N) is 1. The van der Waals surface area contributed by atoms with E-state index in [1.54, 1.807) is 34.1 Å². The van der Waals surface area contributed by atoms with Crippen molar-refractivity contribution < 1.29 is 19.1 Å². The number of amides is 2. The Morgan fingerprint density at radius 3 is 2.31 bits per heavy atom. The largest absolute Gasteiger partial charge is 0.490 e. The van der Waals surface area contributed by atoms with Crippen LogP contribution in [0.4, 0.5) is 4.79 Å². The quantitative estimate of drug-likeness (QED) is 0.277. The summed E-state index contributed by atoms with van der Waals surface area (Å²) >= 11 is 12.3. The van der Waals surface area contributed by atoms with Gasteiger partial charge in [-0.25, -0.2) is 4.79 Å². The molecule has 1 N–H and O–H groups in total. The number of hydrogen-bond acceptors (Lipinski definition) is 4. The second-order valence-electron chi connectivity index (χ2n) is 9.90. The number of halogens is 2. The van der Waals surface area contributed by atoms with E-state index in [0.29, 0.717) is 41.8 Å². The van der Waals surface area contributed by atoms with Gasteiger partial charge in [-0.05, 0) is 72.1 Å². The highest BCUT2D eigenvalue weighted by atomic mass is 35.5. The molecule has 1 unspecified atom stereocenters. The van der Waals surface area contributed by atoms with Crippen LogP contribution in [0.5, 0.6) is 11.5 Å². The molecule has 4 aromatic rings. The van der Waals surface area contributed by atoms with Crippen molar-refractivity contribution in [1.29, 1.82) is 0 Å². The van der Waals surface area contributed by atoms with Crippen LogP contribution in [0.2, 0.25) is 10.0 Å². The molecule has 9 heteroatoms. The van der Waals surface area contributed by atoms with Gasteiger partial charge < -0.3 is 19.4 Å². The van der Waals surface area contributed by atoms with Gasteiger partial charge in [0.1, 0.15) is 23.6 Å². The second-order valence-corrected chi connectivity index (χ2v) is 10.8. The Hall–Kier alpha value is -3.68. The van der Waals surface area contributed by atoms with Crippen LogP contribution < -0.4 is 9.47 Å². The van der Waals surface area contributed by atoms with Crippen LogP contribution in [0.1, 0.15) is 35.7 Å². The lowest BCUT2D eigenvalue weighted by molar-refractivity contribution is -0.119. The minimum atomic E-state index is -0.438. The van der Waals surface area contributed by atoms with Gasteiger partial charge in [-0.3, -0.25) is 9.69 Å². The summed E-state index contributed by atoms with van der Waals surface area (Å²) in [5.74, 6) is 1.19. The van der Waals surface area contributed by atoms with E-state index in [1.807, 2.05) is 42.5 Å². The third kappa shape index (κ3) is 5.29. The molecule has 0 aliphatic carbocycles. The maximum atomic E-state index is 13.5. The number of hydrogen-bond donors (Lipinski definition) is 1. The molecule has 2 amide bonds. The Kier molecular flexibility index (Phi) is 7.11. The molecule has 39 heavy (non-hydrogen) atoms. The predicted octanol–water partition coefficient (Wildman–Crippen LogP) is 6.62. The first-order valence-corrected chi connectivity index (χ1v) is 13.7. The Balaban J connectivity index is 1.30. The molecule has 0 radical (unpaired) electrons. The molecule has 1 atom stereocenters. The van der Waals surface area contributed by atoms with E-state index in [1.165, 1.54) is 0 Å². The fraction of sp³-hybridized carbons (Fsp3) is 0.267. The first kappa shape index (κ1) is 25.6. The summed E-state index contributed by atoms with van der Waals surface area (Å²) in [4.78, 5) is 31.5. The number of aromatic nitrogens is 1. The first-order valence-electron chi connectivity index (χ1n) is 13.0. The summed E-state index contributed by atoms with van der Waals surface area (Å²) < 4.78 is 12.0. The molecule has 1 fully saturated rings. The number of H-pyrrole nitrogens is 1. The molecule has 6 rings (SSSR count). The van der Waals surface area contributed by atoms with Crippen molar-refractivity contribution >= 4 is 46.6 Å². The average Bonchev–Trinajstić information content (AvgIpc) is 3.32. The highest BCUT2D eigenvalue weighted by Gasteiger charge is 2.36. The topological polar surface area (TPSA) is 74.9 Å². The minimum absolute atomic E-state index is 0.0673. The molecule has 2 aliphatic heterocycles. The number of nitrogens with zero attached hydrogens (tertiary/aromatic N) is 2. The molecule has 0 spiro atoms. The molecule has 3 aromatic carbocycles. The fourth-order valence-electron chi connectivity index (χ4n) is 5.49. The molecule has 1 aromatic heterocycles. The first-order chi connectivity index (χ1) is 19.0. The summed E-state index contributed by atoms with van der Waals surface area (Å²) in [5, 5.41) is 2.31. The van der Waals surface area contributed by atoms with E-state index in [2.05, 4.69) is 4.98 Å². The van der Waals surface area contributed by atoms with Crippen molar-refractivity contribution in [2.24, 2.45) is 0 Å². The minimum Gasteiger partial charge on any atom is -0.490 e. The van der Waals surface area contributed by atoms with Crippen LogP contribution >= 0.6 is 23.2 Å². The van der Waals surface area contributed by atoms with E-state index >= 15 is 0 Å². The third-order valence-electron chi connectivity index (χ3n) is 7.47. The molecule has 200 valence electrons. The van der Waals surface area contributed by atoms with Crippen LogP contribution in [-0.2, 0) is 11.2 Å². The molecular weight excluding hydrogens is 537 g/mol. The number of likely N-dealkylation sites (tertiary alicyclic amines) is 1. The maximum absolute atomic E-state index is 13.5. The molecular formula is C30H27Cl2N3O4. The number of carbonyl (C=O) groups excluding carboxylic acids is 2. The van der Waals surface area contributed by atoms with Crippen molar-refractivity contribution in [2.45, 2.75) is 31.4 Å². The predicted molar refractivity (Wildman–Crippen MR) is 151 cm³/mol. The van der Waals surface area contributed by atoms with Crippen LogP contribution in [0, 0.1) is 0 Å². The van der Waals surface area contributed by atoms with Gasteiger partial charge in [0, 0.05) is 59.1 Å². The van der Waals surface area contributed by atoms with Crippen molar-refractivity contribution in [1.82, 2.24) is 14.8 Å². The summed E-state index contributed by atoms with van der Waals surface area (Å²) in [6.07, 6.45) is 2.79. The lowest BCUT2D eigenvalue weighted by Crippen LogP contribution is -2.42. The molecule has 1 saturated heterocycles. The van der Waals surface area contributed by atoms with E-state index in [9.17, 15) is 9.59 Å². The molecule has 2 aliphatic rings. The zero-order valence-electron chi connectivity index (χ0n) is 21.1. The van der Waals surface area contributed by atoms with Crippen molar-refractivity contribution in [3.8, 4) is 11.5 Å². The number of fused-ring (bicyclic) bond motifs is 3. The normalized spacial score (nSPS) is 17.6. The summed E-state index contributed by atoms with van der Waals surface area (Å²) in [6, 6.07) is 20.0. The number of rotatable bonds is 5. The van der Waals surface area contributed by atoms with E-state index in [0.717, 1.165) is 52.7 Å². The number of benzene rings is 3. The standard InChI is InChI=1S/C30H27Cl2N3O4/c31-20-3-8-23(9-4-20)39-30(37)35-16-13-25-26-17-21(32)5-10-27(26)33-28(25)29(35)19-1-6-22(7-2-19)38-24-11-14-34(18-36)15-12-24/h1-10,17-18,24,29,33H,11-16H2. The lowest BCUT2D eigenvalue weighted by Gasteiger charge is -2.35. The van der Waals surface area contributed by atoms with Crippen LogP contribution in [0.15, 0.2) is 66.7 Å². The molecule has 0 saturated carbocycles. The zero-order valence-corrected chi connectivity index (χ0v) is 22.6. The lowest BCUT2D eigenvalue weighted by atomic mass is 9.92. The number of piperidine rings is 1. The monoisotopic (exact) mass is 563 g/mol. The number of aromatic amines is 1. The van der Waals surface area contributed by atoms with Gasteiger partial charge in [-0.1, -0.05) is 35.3 Å². The van der Waals surface area contributed by atoms with Gasteiger partial charge in [-0.2, -0.15) is 0 Å². The summed E-state index contributed by atoms with van der Waals surface area (Å²) in [6.45, 7) is 1.88. The third-order valence-corrected chi connectivity index (χ3v) is 7.95. The number of ether oxygens (including phenoxy) is 2. The SMILES string of the molecule is O=CN1CCC(Oc2ccc(C3c4[nH]c5ccc(Cl)cc5c4CCN3C(=O)Oc3ccc(Cl)cc3)cc2)CC1. The van der Waals surface area contributed by atoms with Crippen LogP contribution in [0.3, 0.4) is 0 Å². The Morgan fingerprint density at radius 2 is 1.59 bits per heavy atom. The summed E-state index contributed by atoms with van der Waals surface area (Å²) in [5.41, 5.74) is 4.01. The second kappa shape index (κ2) is 10.8. The van der Waals surface area contributed by atoms with Crippen LogP contribution in [-0.4, -0.2) is 53.0 Å². The Bertz CT molecular complexity index is 1500. The van der Waals surface area contributed by atoms with Gasteiger partial charge in [-0.15, -0.1) is 0 Å². The highest BCUT2D eigenvalue weighted by Crippen LogP contribution is 2.40. The smallest absolute Gasteiger partial charge is 0.416 e. The van der Waals surface area contributed by atoms with Crippen molar-refractivity contribution in [3.05, 3.63) is 93.6 Å². The fourth-order valence-corrected chi connectivity index (χ4v) is 5.78. The molecule has 0 bridgehead atoms. The van der Waals surface area contributed by atoms with Crippen LogP contribution in [0.25, 0.3) is 10.9 Å². The van der Waals surface area contributed by atoms with Gasteiger partial charge in [0.05, 0.1) is 0 Å². The van der Waals surface area contributed by atoms with Gasteiger partial charge >= 0.3 is 6.09 Å². The highest BCUT2D eigenvalue weighted by molar-refractivity contribution is 6.31. The van der Waals surface area contributed by atoms with E-state index < -0.39 is 6.09 Å². The summed E-state index contributed by atoms with van der Waals surface area (Å²) in [7, 11) is 0. The number of carbonyl (C=O) groups is 2. The van der Waals surface area contributed by atoms with Gasteiger partial charge in [0.2, 0.25) is 6.41 Å². The molecule has 7 nitrogen and oxygen atoms in total. The van der Waals surface area contributed by atoms with Gasteiger partial charge in [0.15, 0.2) is 0 Å². The van der Waals surface area contributed by atoms with Crippen molar-refractivity contribution in [2.75, 3.05) is 19.6 Å². The Labute approximate surface area is 236 Å². The maximum Gasteiger partial charge on any atom is 0.416 e.